The van der Waals surface area contributed by atoms with Gasteiger partial charge in [0.1, 0.15) is 0 Å². The minimum absolute atomic E-state index is 1.11. The quantitative estimate of drug-likeness (QED) is 0.800. The Morgan fingerprint density at radius 1 is 1.12 bits per heavy atom. The molecule has 0 aliphatic heterocycles. The molecule has 0 fully saturated rings. The third kappa shape index (κ3) is 1.50. The lowest BCUT2D eigenvalue weighted by atomic mass is 9.98. The Morgan fingerprint density at radius 3 is 2.50 bits per heavy atom. The molecule has 0 aliphatic rings. The summed E-state index contributed by atoms with van der Waals surface area (Å²) in [6, 6.07) is 10.4. The van der Waals surface area contributed by atoms with Gasteiger partial charge in [0, 0.05) is 23.7 Å². The van der Waals surface area contributed by atoms with Crippen molar-refractivity contribution in [2.24, 2.45) is 0 Å². The van der Waals surface area contributed by atoms with E-state index in [1.807, 2.05) is 31.3 Å². The van der Waals surface area contributed by atoms with Crippen molar-refractivity contribution < 1.29 is 0 Å². The van der Waals surface area contributed by atoms with Gasteiger partial charge in [-0.2, -0.15) is 0 Å². The second-order valence-electron chi connectivity index (χ2n) is 3.63. The first kappa shape index (κ1) is 10.5. The number of hydrogen-bond acceptors (Lipinski definition) is 1. The van der Waals surface area contributed by atoms with Crippen molar-refractivity contribution in [3.63, 3.8) is 0 Å². The molecule has 1 heteroatoms. The lowest BCUT2D eigenvalue weighted by Crippen LogP contribution is -1.95. The number of nitrogens with one attached hydrogen (secondary N) is 1. The first-order valence-electron chi connectivity index (χ1n) is 5.30. The van der Waals surface area contributed by atoms with E-state index in [4.69, 9.17) is 0 Å². The molecule has 1 nitrogen and oxygen atoms in total. The Morgan fingerprint density at radius 2 is 1.88 bits per heavy atom. The van der Waals surface area contributed by atoms with E-state index in [1.54, 1.807) is 0 Å². The zero-order valence-electron chi connectivity index (χ0n) is 9.46. The third-order valence-electron chi connectivity index (χ3n) is 2.80. The second-order valence-corrected chi connectivity index (χ2v) is 3.63. The van der Waals surface area contributed by atoms with Crippen LogP contribution in [-0.2, 0) is 0 Å². The molecule has 0 aromatic heterocycles. The van der Waals surface area contributed by atoms with E-state index >= 15 is 0 Å². The van der Waals surface area contributed by atoms with Crippen LogP contribution in [0, 0.1) is 0 Å². The highest BCUT2D eigenvalue weighted by atomic mass is 14.8. The van der Waals surface area contributed by atoms with Gasteiger partial charge in [0.2, 0.25) is 0 Å². The zero-order valence-corrected chi connectivity index (χ0v) is 9.46. The molecule has 0 bridgehead atoms. The zero-order chi connectivity index (χ0) is 11.5. The summed E-state index contributed by atoms with van der Waals surface area (Å²) in [7, 11) is 1.93. The van der Waals surface area contributed by atoms with Crippen molar-refractivity contribution in [3.8, 4) is 0 Å². The van der Waals surface area contributed by atoms with Crippen molar-refractivity contribution in [1.82, 2.24) is 0 Å². The van der Waals surface area contributed by atoms with Crippen LogP contribution in [0.4, 0.5) is 5.69 Å². The number of fused-ring (bicyclic) bond motifs is 1. The normalized spacial score (nSPS) is 10.1. The highest BCUT2D eigenvalue weighted by molar-refractivity contribution is 6.00. The van der Waals surface area contributed by atoms with E-state index in [1.165, 1.54) is 10.8 Å². The van der Waals surface area contributed by atoms with Crippen LogP contribution in [0.2, 0.25) is 0 Å². The van der Waals surface area contributed by atoms with E-state index in [0.29, 0.717) is 0 Å². The van der Waals surface area contributed by atoms with Crippen LogP contribution in [-0.4, -0.2) is 7.05 Å². The molecule has 0 unspecified atom stereocenters. The van der Waals surface area contributed by atoms with Crippen molar-refractivity contribution >= 4 is 28.6 Å². The van der Waals surface area contributed by atoms with Gasteiger partial charge in [-0.15, -0.1) is 0 Å². The fourth-order valence-corrected chi connectivity index (χ4v) is 2.04. The van der Waals surface area contributed by atoms with Gasteiger partial charge < -0.3 is 5.32 Å². The maximum Gasteiger partial charge on any atom is 0.0496 e. The SMILES string of the molecule is C=Cc1cc2ccccc2c(NC)c1C=C. The van der Waals surface area contributed by atoms with Gasteiger partial charge in [-0.25, -0.2) is 0 Å². The first-order valence-corrected chi connectivity index (χ1v) is 5.30. The minimum Gasteiger partial charge on any atom is -0.387 e. The topological polar surface area (TPSA) is 12.0 Å². The van der Waals surface area contributed by atoms with Crippen molar-refractivity contribution in [1.29, 1.82) is 0 Å². The molecule has 0 atom stereocenters. The molecule has 1 N–H and O–H groups in total. The van der Waals surface area contributed by atoms with Crippen LogP contribution >= 0.6 is 0 Å². The minimum atomic E-state index is 1.11. The molecule has 80 valence electrons. The number of hydrogen-bond donors (Lipinski definition) is 1. The van der Waals surface area contributed by atoms with Crippen molar-refractivity contribution in [2.45, 2.75) is 0 Å². The summed E-state index contributed by atoms with van der Waals surface area (Å²) in [6.45, 7) is 7.71. The largest absolute Gasteiger partial charge is 0.387 e. The van der Waals surface area contributed by atoms with E-state index in [2.05, 4.69) is 36.7 Å². The van der Waals surface area contributed by atoms with E-state index in [-0.39, 0.29) is 0 Å². The molecule has 0 radical (unpaired) electrons. The van der Waals surface area contributed by atoms with E-state index in [0.717, 1.165) is 16.8 Å². The first-order chi connectivity index (χ1) is 7.81. The van der Waals surface area contributed by atoms with Gasteiger partial charge in [0.25, 0.3) is 0 Å². The van der Waals surface area contributed by atoms with Gasteiger partial charge >= 0.3 is 0 Å². The third-order valence-corrected chi connectivity index (χ3v) is 2.80. The van der Waals surface area contributed by atoms with Crippen LogP contribution in [0.3, 0.4) is 0 Å². The molecule has 2 aromatic carbocycles. The molecule has 0 spiro atoms. The number of benzene rings is 2. The Hall–Kier alpha value is -2.02. The summed E-state index contributed by atoms with van der Waals surface area (Å²) in [4.78, 5) is 0. The fourth-order valence-electron chi connectivity index (χ4n) is 2.04. The second kappa shape index (κ2) is 4.23. The van der Waals surface area contributed by atoms with Crippen LogP contribution in [0.15, 0.2) is 43.5 Å². The smallest absolute Gasteiger partial charge is 0.0496 e. The van der Waals surface area contributed by atoms with Gasteiger partial charge in [-0.05, 0) is 17.0 Å². The molecule has 0 amide bonds. The summed E-state index contributed by atoms with van der Waals surface area (Å²) in [5.41, 5.74) is 3.33. The highest BCUT2D eigenvalue weighted by Crippen LogP contribution is 2.31. The predicted octanol–water partition coefficient (Wildman–Crippen LogP) is 4.17. The molecule has 16 heavy (non-hydrogen) atoms. The number of rotatable bonds is 3. The maximum absolute atomic E-state index is 3.87. The standard InChI is InChI=1S/C15H15N/c1-4-11-10-12-8-6-7-9-14(12)15(16-3)13(11)5-2/h4-10,16H,1-2H2,3H3. The number of anilines is 1. The van der Waals surface area contributed by atoms with Crippen LogP contribution in [0.1, 0.15) is 11.1 Å². The molecular formula is C15H15N. The van der Waals surface area contributed by atoms with E-state index in [9.17, 15) is 0 Å². The molecule has 2 aromatic rings. The molecule has 0 heterocycles. The lowest BCUT2D eigenvalue weighted by molar-refractivity contribution is 1.52. The lowest BCUT2D eigenvalue weighted by Gasteiger charge is -2.13. The summed E-state index contributed by atoms with van der Waals surface area (Å²) in [6.07, 6.45) is 3.74. The van der Waals surface area contributed by atoms with Gasteiger partial charge in [0.15, 0.2) is 0 Å². The highest BCUT2D eigenvalue weighted by Gasteiger charge is 2.07. The molecule has 0 saturated carbocycles. The Balaban J connectivity index is 2.93. The van der Waals surface area contributed by atoms with Gasteiger partial charge in [0.05, 0.1) is 0 Å². The Bertz CT molecular complexity index is 553. The van der Waals surface area contributed by atoms with Crippen molar-refractivity contribution in [3.05, 3.63) is 54.6 Å². The summed E-state index contributed by atoms with van der Waals surface area (Å²) in [5.74, 6) is 0. The molecule has 0 aliphatic carbocycles. The maximum atomic E-state index is 3.87. The van der Waals surface area contributed by atoms with E-state index < -0.39 is 0 Å². The van der Waals surface area contributed by atoms with Crippen LogP contribution in [0.25, 0.3) is 22.9 Å². The molecule has 0 saturated heterocycles. The van der Waals surface area contributed by atoms with Crippen molar-refractivity contribution in [2.75, 3.05) is 12.4 Å². The monoisotopic (exact) mass is 209 g/mol. The molecular weight excluding hydrogens is 194 g/mol. The van der Waals surface area contributed by atoms with Gasteiger partial charge in [-0.1, -0.05) is 49.6 Å². The summed E-state index contributed by atoms with van der Waals surface area (Å²) < 4.78 is 0. The molecule has 2 rings (SSSR count). The fraction of sp³-hybridized carbons (Fsp3) is 0.0667. The van der Waals surface area contributed by atoms with Gasteiger partial charge in [-0.3, -0.25) is 0 Å². The summed E-state index contributed by atoms with van der Waals surface area (Å²) in [5, 5.41) is 5.67. The Kier molecular flexibility index (Phi) is 2.78. The van der Waals surface area contributed by atoms with Crippen LogP contribution in [0.5, 0.6) is 0 Å². The average Bonchev–Trinajstić information content (AvgIpc) is 2.36. The summed E-state index contributed by atoms with van der Waals surface area (Å²) >= 11 is 0. The Labute approximate surface area is 96.1 Å². The van der Waals surface area contributed by atoms with Crippen LogP contribution < -0.4 is 5.32 Å². The predicted molar refractivity (Wildman–Crippen MR) is 73.7 cm³/mol. The average molecular weight is 209 g/mol.